The molecule has 1 heteroatoms. The third-order valence-electron chi connectivity index (χ3n) is 3.87. The van der Waals surface area contributed by atoms with Crippen LogP contribution in [0, 0.1) is 5.92 Å². The molecule has 2 aromatic rings. The van der Waals surface area contributed by atoms with Crippen LogP contribution in [0.3, 0.4) is 0 Å². The van der Waals surface area contributed by atoms with E-state index in [1.165, 1.54) is 55.0 Å². The van der Waals surface area contributed by atoms with Gasteiger partial charge in [-0.1, -0.05) is 57.7 Å². The number of hydrogen-bond acceptors (Lipinski definition) is 0. The van der Waals surface area contributed by atoms with Gasteiger partial charge in [-0.15, -0.1) is 0 Å². The fourth-order valence-electron chi connectivity index (χ4n) is 2.68. The zero-order valence-corrected chi connectivity index (χ0v) is 11.7. The maximum Gasteiger partial charge on any atom is 0.0456 e. The smallest absolute Gasteiger partial charge is 0.0456 e. The molecule has 0 aliphatic rings. The summed E-state index contributed by atoms with van der Waals surface area (Å²) < 4.78 is 0. The Kier molecular flexibility index (Phi) is 4.86. The first-order valence-corrected chi connectivity index (χ1v) is 7.36. The SMILES string of the molecule is CCCCC(C)CCCc1c[nH]c2ccccc12. The van der Waals surface area contributed by atoms with Gasteiger partial charge in [-0.25, -0.2) is 0 Å². The van der Waals surface area contributed by atoms with Crippen LogP contribution >= 0.6 is 0 Å². The van der Waals surface area contributed by atoms with E-state index in [0.717, 1.165) is 5.92 Å². The van der Waals surface area contributed by atoms with Crippen LogP contribution < -0.4 is 0 Å². The zero-order valence-electron chi connectivity index (χ0n) is 11.7. The molecular formula is C17H25N. The van der Waals surface area contributed by atoms with E-state index in [-0.39, 0.29) is 0 Å². The highest BCUT2D eigenvalue weighted by Crippen LogP contribution is 2.21. The molecular weight excluding hydrogens is 218 g/mol. The summed E-state index contributed by atoms with van der Waals surface area (Å²) in [6.45, 7) is 4.67. The summed E-state index contributed by atoms with van der Waals surface area (Å²) in [5.41, 5.74) is 2.75. The number of para-hydroxylation sites is 1. The van der Waals surface area contributed by atoms with Crippen molar-refractivity contribution in [3.63, 3.8) is 0 Å². The molecule has 2 rings (SSSR count). The lowest BCUT2D eigenvalue weighted by Gasteiger charge is -2.09. The number of rotatable bonds is 7. The Labute approximate surface area is 111 Å². The van der Waals surface area contributed by atoms with Crippen LogP contribution in [0.4, 0.5) is 0 Å². The van der Waals surface area contributed by atoms with Gasteiger partial charge in [-0.05, 0) is 30.4 Å². The number of fused-ring (bicyclic) bond motifs is 1. The predicted molar refractivity (Wildman–Crippen MR) is 79.9 cm³/mol. The van der Waals surface area contributed by atoms with Crippen molar-refractivity contribution in [2.24, 2.45) is 5.92 Å². The molecule has 98 valence electrons. The van der Waals surface area contributed by atoms with E-state index < -0.39 is 0 Å². The van der Waals surface area contributed by atoms with Gasteiger partial charge in [0, 0.05) is 17.1 Å². The second kappa shape index (κ2) is 6.63. The van der Waals surface area contributed by atoms with Crippen LogP contribution in [0.15, 0.2) is 30.5 Å². The highest BCUT2D eigenvalue weighted by Gasteiger charge is 2.05. The number of aromatic nitrogens is 1. The highest BCUT2D eigenvalue weighted by molar-refractivity contribution is 5.82. The molecule has 1 aromatic carbocycles. The Morgan fingerprint density at radius 2 is 1.89 bits per heavy atom. The minimum absolute atomic E-state index is 0.884. The van der Waals surface area contributed by atoms with E-state index in [1.807, 2.05) is 0 Å². The van der Waals surface area contributed by atoms with Gasteiger partial charge < -0.3 is 4.98 Å². The van der Waals surface area contributed by atoms with Gasteiger partial charge in [-0.3, -0.25) is 0 Å². The number of nitrogens with one attached hydrogen (secondary N) is 1. The van der Waals surface area contributed by atoms with Crippen molar-refractivity contribution >= 4 is 10.9 Å². The molecule has 18 heavy (non-hydrogen) atoms. The quantitative estimate of drug-likeness (QED) is 0.677. The first kappa shape index (κ1) is 13.2. The van der Waals surface area contributed by atoms with Gasteiger partial charge in [-0.2, -0.15) is 0 Å². The Hall–Kier alpha value is -1.24. The fraction of sp³-hybridized carbons (Fsp3) is 0.529. The molecule has 1 unspecified atom stereocenters. The second-order valence-corrected chi connectivity index (χ2v) is 5.50. The molecule has 0 saturated heterocycles. The molecule has 0 aliphatic heterocycles. The lowest BCUT2D eigenvalue weighted by Crippen LogP contribution is -1.95. The fourth-order valence-corrected chi connectivity index (χ4v) is 2.68. The van der Waals surface area contributed by atoms with Gasteiger partial charge in [0.1, 0.15) is 0 Å². The molecule has 0 radical (unpaired) electrons. The van der Waals surface area contributed by atoms with E-state index >= 15 is 0 Å². The zero-order chi connectivity index (χ0) is 12.8. The first-order chi connectivity index (χ1) is 8.81. The minimum Gasteiger partial charge on any atom is -0.361 e. The van der Waals surface area contributed by atoms with Crippen molar-refractivity contribution < 1.29 is 0 Å². The van der Waals surface area contributed by atoms with E-state index in [4.69, 9.17) is 0 Å². The van der Waals surface area contributed by atoms with Crippen molar-refractivity contribution in [1.82, 2.24) is 4.98 Å². The third kappa shape index (κ3) is 3.38. The molecule has 1 aromatic heterocycles. The second-order valence-electron chi connectivity index (χ2n) is 5.50. The normalized spacial score (nSPS) is 13.0. The summed E-state index contributed by atoms with van der Waals surface area (Å²) in [5.74, 6) is 0.884. The number of aromatic amines is 1. The molecule has 1 nitrogen and oxygen atoms in total. The number of benzene rings is 1. The molecule has 0 bridgehead atoms. The van der Waals surface area contributed by atoms with Crippen molar-refractivity contribution in [1.29, 1.82) is 0 Å². The van der Waals surface area contributed by atoms with Gasteiger partial charge in [0.05, 0.1) is 0 Å². The molecule has 0 amide bonds. The lowest BCUT2D eigenvalue weighted by atomic mass is 9.96. The Bertz CT molecular complexity index is 469. The minimum atomic E-state index is 0.884. The summed E-state index contributed by atoms with van der Waals surface area (Å²) in [4.78, 5) is 3.36. The van der Waals surface area contributed by atoms with Crippen LogP contribution in [0.5, 0.6) is 0 Å². The number of unbranched alkanes of at least 4 members (excludes halogenated alkanes) is 1. The van der Waals surface area contributed by atoms with Crippen molar-refractivity contribution in [2.75, 3.05) is 0 Å². The molecule has 0 aliphatic carbocycles. The van der Waals surface area contributed by atoms with Crippen LogP contribution in [0.1, 0.15) is 51.5 Å². The maximum absolute atomic E-state index is 3.36. The summed E-state index contributed by atoms with van der Waals surface area (Å²) >= 11 is 0. The number of aryl methyl sites for hydroxylation is 1. The maximum atomic E-state index is 3.36. The van der Waals surface area contributed by atoms with E-state index in [0.29, 0.717) is 0 Å². The molecule has 1 N–H and O–H groups in total. The average Bonchev–Trinajstić information content (AvgIpc) is 2.80. The van der Waals surface area contributed by atoms with Crippen molar-refractivity contribution in [3.05, 3.63) is 36.0 Å². The Morgan fingerprint density at radius 3 is 2.72 bits per heavy atom. The van der Waals surface area contributed by atoms with Gasteiger partial charge in [0.25, 0.3) is 0 Å². The van der Waals surface area contributed by atoms with E-state index in [1.54, 1.807) is 0 Å². The summed E-state index contributed by atoms with van der Waals surface area (Å²) in [5, 5.41) is 1.40. The van der Waals surface area contributed by atoms with Gasteiger partial charge >= 0.3 is 0 Å². The van der Waals surface area contributed by atoms with Crippen LogP contribution in [-0.4, -0.2) is 4.98 Å². The van der Waals surface area contributed by atoms with Gasteiger partial charge in [0.2, 0.25) is 0 Å². The standard InChI is InChI=1S/C17H25N/c1-3-4-8-14(2)9-7-10-15-13-18-17-12-6-5-11-16(15)17/h5-6,11-14,18H,3-4,7-10H2,1-2H3. The Morgan fingerprint density at radius 1 is 1.11 bits per heavy atom. The monoisotopic (exact) mass is 243 g/mol. The molecule has 1 heterocycles. The highest BCUT2D eigenvalue weighted by atomic mass is 14.7. The predicted octanol–water partition coefficient (Wildman–Crippen LogP) is 5.32. The first-order valence-electron chi connectivity index (χ1n) is 7.36. The topological polar surface area (TPSA) is 15.8 Å². The number of H-pyrrole nitrogens is 1. The largest absolute Gasteiger partial charge is 0.361 e. The molecule has 0 fully saturated rings. The lowest BCUT2D eigenvalue weighted by molar-refractivity contribution is 0.457. The van der Waals surface area contributed by atoms with Crippen molar-refractivity contribution in [3.8, 4) is 0 Å². The van der Waals surface area contributed by atoms with E-state index in [9.17, 15) is 0 Å². The van der Waals surface area contributed by atoms with Crippen LogP contribution in [-0.2, 0) is 6.42 Å². The summed E-state index contributed by atoms with van der Waals surface area (Å²) in [6.07, 6.45) is 10.2. The van der Waals surface area contributed by atoms with Crippen LogP contribution in [0.2, 0.25) is 0 Å². The summed E-state index contributed by atoms with van der Waals surface area (Å²) in [7, 11) is 0. The third-order valence-corrected chi connectivity index (χ3v) is 3.87. The number of hydrogen-bond donors (Lipinski definition) is 1. The van der Waals surface area contributed by atoms with Crippen molar-refractivity contribution in [2.45, 2.75) is 52.4 Å². The molecule has 1 atom stereocenters. The molecule has 0 spiro atoms. The van der Waals surface area contributed by atoms with Gasteiger partial charge in [0.15, 0.2) is 0 Å². The summed E-state index contributed by atoms with van der Waals surface area (Å²) in [6, 6.07) is 8.60. The van der Waals surface area contributed by atoms with Crippen LogP contribution in [0.25, 0.3) is 10.9 Å². The molecule has 0 saturated carbocycles. The Balaban J connectivity index is 1.83. The van der Waals surface area contributed by atoms with E-state index in [2.05, 4.69) is 49.3 Å². The average molecular weight is 243 g/mol.